The third kappa shape index (κ3) is 4.00. The molecule has 0 saturated carbocycles. The van der Waals surface area contributed by atoms with Gasteiger partial charge in [-0.3, -0.25) is 0 Å². The lowest BCUT2D eigenvalue weighted by molar-refractivity contribution is 0.195. The Morgan fingerprint density at radius 3 is 2.55 bits per heavy atom. The van der Waals surface area contributed by atoms with Gasteiger partial charge in [0.25, 0.3) is 0 Å². The Morgan fingerprint density at radius 1 is 1.13 bits per heavy atom. The molecule has 0 radical (unpaired) electrons. The van der Waals surface area contributed by atoms with Crippen molar-refractivity contribution in [2.45, 2.75) is 32.7 Å². The number of nitrogens with one attached hydrogen (secondary N) is 1. The first-order valence-electron chi connectivity index (χ1n) is 10.5. The van der Waals surface area contributed by atoms with Crippen LogP contribution in [0.15, 0.2) is 48.5 Å². The second kappa shape index (κ2) is 9.02. The van der Waals surface area contributed by atoms with Gasteiger partial charge in [-0.1, -0.05) is 37.3 Å². The lowest BCUT2D eigenvalue weighted by Crippen LogP contribution is -2.42. The number of rotatable bonds is 5. The zero-order valence-electron chi connectivity index (χ0n) is 18.4. The summed E-state index contributed by atoms with van der Waals surface area (Å²) in [5.41, 5.74) is 4.68. The minimum absolute atomic E-state index is 0.0888. The van der Waals surface area contributed by atoms with Crippen molar-refractivity contribution in [3.05, 3.63) is 75.0 Å². The highest BCUT2D eigenvalue weighted by Crippen LogP contribution is 2.43. The van der Waals surface area contributed by atoms with E-state index >= 15 is 0 Å². The molecule has 3 aromatic rings. The van der Waals surface area contributed by atoms with Crippen LogP contribution in [0.2, 0.25) is 0 Å². The summed E-state index contributed by atoms with van der Waals surface area (Å²) in [6.45, 7) is 5.08. The molecule has 0 spiro atoms. The molecule has 2 heterocycles. The van der Waals surface area contributed by atoms with E-state index in [9.17, 15) is 4.79 Å². The summed E-state index contributed by atoms with van der Waals surface area (Å²) in [5, 5.41) is 3.06. The van der Waals surface area contributed by atoms with Crippen LogP contribution >= 0.6 is 11.3 Å². The van der Waals surface area contributed by atoms with Gasteiger partial charge < -0.3 is 19.7 Å². The predicted molar refractivity (Wildman–Crippen MR) is 126 cm³/mol. The van der Waals surface area contributed by atoms with E-state index in [0.717, 1.165) is 18.4 Å². The van der Waals surface area contributed by atoms with E-state index in [1.54, 1.807) is 26.4 Å². The number of urea groups is 1. The Bertz CT molecular complexity index is 1080. The first kappa shape index (κ1) is 21.2. The van der Waals surface area contributed by atoms with E-state index in [1.807, 2.05) is 40.5 Å². The van der Waals surface area contributed by atoms with Gasteiger partial charge in [-0.2, -0.15) is 0 Å². The predicted octanol–water partition coefficient (Wildman–Crippen LogP) is 5.82. The van der Waals surface area contributed by atoms with Crippen molar-refractivity contribution in [1.29, 1.82) is 0 Å². The summed E-state index contributed by atoms with van der Waals surface area (Å²) < 4.78 is 10.7. The number of fused-ring (bicyclic) bond motifs is 1. The fourth-order valence-electron chi connectivity index (χ4n) is 4.40. The number of anilines is 1. The Labute approximate surface area is 187 Å². The number of ether oxygens (including phenoxy) is 2. The Hall–Kier alpha value is -2.99. The summed E-state index contributed by atoms with van der Waals surface area (Å²) in [7, 11) is 3.19. The Balaban J connectivity index is 1.69. The number of hydrogen-bond donors (Lipinski definition) is 1. The van der Waals surface area contributed by atoms with Crippen LogP contribution in [-0.4, -0.2) is 31.7 Å². The molecule has 162 valence electrons. The highest BCUT2D eigenvalue weighted by molar-refractivity contribution is 7.12. The maximum absolute atomic E-state index is 13.4. The van der Waals surface area contributed by atoms with E-state index < -0.39 is 0 Å². The van der Waals surface area contributed by atoms with Crippen molar-refractivity contribution in [3.63, 3.8) is 0 Å². The fourth-order valence-corrected chi connectivity index (χ4v) is 5.85. The molecule has 0 bridgehead atoms. The van der Waals surface area contributed by atoms with Gasteiger partial charge in [0.1, 0.15) is 0 Å². The number of thiophene rings is 1. The summed E-state index contributed by atoms with van der Waals surface area (Å²) in [6.07, 6.45) is 1.91. The van der Waals surface area contributed by atoms with Crippen molar-refractivity contribution >= 4 is 23.1 Å². The molecule has 1 aliphatic rings. The maximum atomic E-state index is 13.4. The van der Waals surface area contributed by atoms with Crippen LogP contribution in [0.3, 0.4) is 0 Å². The molecule has 1 aromatic heterocycles. The number of nitrogens with zero attached hydrogens (tertiary/aromatic N) is 1. The van der Waals surface area contributed by atoms with E-state index in [4.69, 9.17) is 9.47 Å². The molecule has 4 rings (SSSR count). The van der Waals surface area contributed by atoms with Gasteiger partial charge in [-0.15, -0.1) is 11.3 Å². The zero-order valence-corrected chi connectivity index (χ0v) is 19.2. The van der Waals surface area contributed by atoms with Crippen molar-refractivity contribution in [2.75, 3.05) is 26.1 Å². The van der Waals surface area contributed by atoms with Crippen molar-refractivity contribution < 1.29 is 14.3 Å². The lowest BCUT2D eigenvalue weighted by Gasteiger charge is -2.36. The number of benzene rings is 2. The number of carbonyl (C=O) groups is 1. The molecule has 0 fully saturated rings. The maximum Gasteiger partial charge on any atom is 0.322 e. The van der Waals surface area contributed by atoms with Gasteiger partial charge in [0, 0.05) is 28.1 Å². The largest absolute Gasteiger partial charge is 0.493 e. The SMILES string of the molecule is CCc1c(C)sc2c1CCN(C(=O)Nc1ccc(OC)c(OC)c1)C2c1ccccc1. The van der Waals surface area contributed by atoms with E-state index in [0.29, 0.717) is 23.7 Å². The van der Waals surface area contributed by atoms with Gasteiger partial charge >= 0.3 is 6.03 Å². The van der Waals surface area contributed by atoms with Crippen LogP contribution in [0.4, 0.5) is 10.5 Å². The fraction of sp³-hybridized carbons (Fsp3) is 0.320. The summed E-state index contributed by atoms with van der Waals surface area (Å²) in [4.78, 5) is 18.0. The van der Waals surface area contributed by atoms with Gasteiger partial charge in [0.15, 0.2) is 11.5 Å². The average molecular weight is 437 g/mol. The Kier molecular flexibility index (Phi) is 6.18. The molecule has 2 amide bonds. The van der Waals surface area contributed by atoms with Crippen molar-refractivity contribution in [1.82, 2.24) is 4.90 Å². The highest BCUT2D eigenvalue weighted by atomic mass is 32.1. The normalized spacial score (nSPS) is 15.4. The molecule has 5 nitrogen and oxygen atoms in total. The molecule has 2 aromatic carbocycles. The van der Waals surface area contributed by atoms with Crippen LogP contribution in [0, 0.1) is 6.92 Å². The number of carbonyl (C=O) groups excluding carboxylic acids is 1. The van der Waals surface area contributed by atoms with Crippen LogP contribution in [-0.2, 0) is 12.8 Å². The van der Waals surface area contributed by atoms with Gasteiger partial charge in [0.05, 0.1) is 20.3 Å². The van der Waals surface area contributed by atoms with Gasteiger partial charge in [-0.05, 0) is 48.6 Å². The lowest BCUT2D eigenvalue weighted by atomic mass is 9.92. The Morgan fingerprint density at radius 2 is 1.87 bits per heavy atom. The first-order chi connectivity index (χ1) is 15.1. The van der Waals surface area contributed by atoms with Crippen LogP contribution in [0.25, 0.3) is 0 Å². The van der Waals surface area contributed by atoms with Gasteiger partial charge in [-0.25, -0.2) is 4.79 Å². The highest BCUT2D eigenvalue weighted by Gasteiger charge is 2.35. The van der Waals surface area contributed by atoms with E-state index in [2.05, 4.69) is 31.3 Å². The van der Waals surface area contributed by atoms with Gasteiger partial charge in [0.2, 0.25) is 0 Å². The van der Waals surface area contributed by atoms with E-state index in [-0.39, 0.29) is 12.1 Å². The van der Waals surface area contributed by atoms with Crippen molar-refractivity contribution in [2.24, 2.45) is 0 Å². The van der Waals surface area contributed by atoms with E-state index in [1.165, 1.54) is 20.9 Å². The summed E-state index contributed by atoms with van der Waals surface area (Å²) in [5.74, 6) is 1.22. The second-order valence-corrected chi connectivity index (χ2v) is 8.85. The third-order valence-corrected chi connectivity index (χ3v) is 7.12. The first-order valence-corrected chi connectivity index (χ1v) is 11.3. The molecule has 6 heteroatoms. The minimum atomic E-state index is -0.115. The topological polar surface area (TPSA) is 50.8 Å². The molecular formula is C25H28N2O3S. The molecule has 1 aliphatic heterocycles. The monoisotopic (exact) mass is 436 g/mol. The third-order valence-electron chi connectivity index (χ3n) is 5.88. The molecule has 1 unspecified atom stereocenters. The quantitative estimate of drug-likeness (QED) is 0.549. The molecule has 1 N–H and O–H groups in total. The van der Waals surface area contributed by atoms with Crippen LogP contribution in [0.5, 0.6) is 11.5 Å². The standard InChI is InChI=1S/C25H28N2O3S/c1-5-19-16(2)31-24-20(19)13-14-27(23(24)17-9-7-6-8-10-17)25(28)26-18-11-12-21(29-3)22(15-18)30-4/h6-12,15,23H,5,13-14H2,1-4H3,(H,26,28). The zero-order chi connectivity index (χ0) is 22.0. The number of aryl methyl sites for hydroxylation is 1. The second-order valence-electron chi connectivity index (χ2n) is 7.59. The number of amides is 2. The molecule has 0 saturated heterocycles. The minimum Gasteiger partial charge on any atom is -0.493 e. The van der Waals surface area contributed by atoms with Crippen LogP contribution < -0.4 is 14.8 Å². The smallest absolute Gasteiger partial charge is 0.322 e. The molecular weight excluding hydrogens is 408 g/mol. The molecule has 31 heavy (non-hydrogen) atoms. The molecule has 1 atom stereocenters. The summed E-state index contributed by atoms with van der Waals surface area (Å²) >= 11 is 1.82. The van der Waals surface area contributed by atoms with Crippen LogP contribution in [0.1, 0.15) is 39.4 Å². The number of hydrogen-bond acceptors (Lipinski definition) is 4. The average Bonchev–Trinajstić information content (AvgIpc) is 3.13. The summed E-state index contributed by atoms with van der Waals surface area (Å²) in [6, 6.07) is 15.5. The molecule has 0 aliphatic carbocycles. The van der Waals surface area contributed by atoms with Crippen molar-refractivity contribution in [3.8, 4) is 11.5 Å². The number of methoxy groups -OCH3 is 2.